The standard InChI is InChI=1S/C19H22N4O5S/c1-13-6-7-16(23(25)26)12-17(13)29(27,28)22-10-8-15(9-11-22)19(24)21-18-5-3-4-14(2)20-18/h3-7,12,15H,8-11H2,1-2H3,(H,20,21,24). The van der Waals surface area contributed by atoms with Crippen LogP contribution in [0.2, 0.25) is 0 Å². The van der Waals surface area contributed by atoms with Gasteiger partial charge in [-0.05, 0) is 44.4 Å². The van der Waals surface area contributed by atoms with Gasteiger partial charge in [0.25, 0.3) is 5.69 Å². The summed E-state index contributed by atoms with van der Waals surface area (Å²) in [5, 5.41) is 13.8. The van der Waals surface area contributed by atoms with Crippen molar-refractivity contribution in [2.75, 3.05) is 18.4 Å². The number of carbonyl (C=O) groups excluding carboxylic acids is 1. The molecule has 2 heterocycles. The van der Waals surface area contributed by atoms with Gasteiger partial charge in [-0.1, -0.05) is 12.1 Å². The number of pyridine rings is 1. The number of aryl methyl sites for hydroxylation is 2. The number of aromatic nitrogens is 1. The van der Waals surface area contributed by atoms with Crippen LogP contribution in [0.1, 0.15) is 24.1 Å². The number of amides is 1. The Morgan fingerprint density at radius 1 is 1.21 bits per heavy atom. The quantitative estimate of drug-likeness (QED) is 0.588. The third-order valence-corrected chi connectivity index (χ3v) is 7.01. The Balaban J connectivity index is 1.69. The van der Waals surface area contributed by atoms with Crippen LogP contribution >= 0.6 is 0 Å². The zero-order valence-electron chi connectivity index (χ0n) is 16.2. The number of carbonyl (C=O) groups is 1. The first-order valence-corrected chi connectivity index (χ1v) is 10.6. The van der Waals surface area contributed by atoms with E-state index in [0.29, 0.717) is 24.2 Å². The van der Waals surface area contributed by atoms with Crippen LogP contribution in [0.15, 0.2) is 41.3 Å². The first kappa shape index (κ1) is 20.9. The van der Waals surface area contributed by atoms with Crippen molar-refractivity contribution in [1.82, 2.24) is 9.29 Å². The van der Waals surface area contributed by atoms with Crippen molar-refractivity contribution < 1.29 is 18.1 Å². The summed E-state index contributed by atoms with van der Waals surface area (Å²) in [6.45, 7) is 3.77. The topological polar surface area (TPSA) is 123 Å². The van der Waals surface area contributed by atoms with E-state index >= 15 is 0 Å². The second-order valence-corrected chi connectivity index (χ2v) is 8.95. The van der Waals surface area contributed by atoms with Crippen LogP contribution < -0.4 is 5.32 Å². The minimum atomic E-state index is -3.88. The number of nitro benzene ring substituents is 1. The first-order chi connectivity index (χ1) is 13.7. The van der Waals surface area contributed by atoms with Gasteiger partial charge in [-0.15, -0.1) is 0 Å². The van der Waals surface area contributed by atoms with E-state index in [4.69, 9.17) is 0 Å². The number of benzene rings is 1. The van der Waals surface area contributed by atoms with Gasteiger partial charge < -0.3 is 5.32 Å². The Labute approximate surface area is 169 Å². The predicted molar refractivity (Wildman–Crippen MR) is 107 cm³/mol. The molecule has 9 nitrogen and oxygen atoms in total. The summed E-state index contributed by atoms with van der Waals surface area (Å²) < 4.78 is 27.2. The fourth-order valence-corrected chi connectivity index (χ4v) is 5.03. The Bertz CT molecular complexity index is 1050. The zero-order valence-corrected chi connectivity index (χ0v) is 17.0. The number of hydrogen-bond acceptors (Lipinski definition) is 6. The molecule has 1 aliphatic rings. The normalized spacial score (nSPS) is 15.8. The monoisotopic (exact) mass is 418 g/mol. The van der Waals surface area contributed by atoms with Gasteiger partial charge in [-0.25, -0.2) is 13.4 Å². The van der Waals surface area contributed by atoms with E-state index in [2.05, 4.69) is 10.3 Å². The minimum Gasteiger partial charge on any atom is -0.310 e. The third kappa shape index (κ3) is 4.60. The van der Waals surface area contributed by atoms with Crippen LogP contribution in [0.4, 0.5) is 11.5 Å². The van der Waals surface area contributed by atoms with E-state index in [1.807, 2.05) is 13.0 Å². The number of hydrogen-bond donors (Lipinski definition) is 1. The van der Waals surface area contributed by atoms with Crippen LogP contribution in [0, 0.1) is 29.9 Å². The molecular formula is C19H22N4O5S. The van der Waals surface area contributed by atoms with Crippen LogP contribution in [0.3, 0.4) is 0 Å². The number of piperidine rings is 1. The summed E-state index contributed by atoms with van der Waals surface area (Å²) in [6.07, 6.45) is 0.732. The van der Waals surface area contributed by atoms with Crippen molar-refractivity contribution in [1.29, 1.82) is 0 Å². The molecule has 1 amide bonds. The maximum Gasteiger partial charge on any atom is 0.270 e. The maximum atomic E-state index is 13.0. The fraction of sp³-hybridized carbons (Fsp3) is 0.368. The molecule has 10 heteroatoms. The molecule has 0 unspecified atom stereocenters. The van der Waals surface area contributed by atoms with Gasteiger partial charge in [0.2, 0.25) is 15.9 Å². The van der Waals surface area contributed by atoms with Crippen LogP contribution in [0.5, 0.6) is 0 Å². The molecule has 0 atom stereocenters. The lowest BCUT2D eigenvalue weighted by atomic mass is 9.97. The number of rotatable bonds is 5. The second-order valence-electron chi connectivity index (χ2n) is 7.04. The van der Waals surface area contributed by atoms with E-state index in [9.17, 15) is 23.3 Å². The predicted octanol–water partition coefficient (Wildman–Crippen LogP) is 2.65. The summed E-state index contributed by atoms with van der Waals surface area (Å²) in [5.74, 6) is -0.0427. The summed E-state index contributed by atoms with van der Waals surface area (Å²) in [7, 11) is -3.88. The number of sulfonamides is 1. The molecular weight excluding hydrogens is 396 g/mol. The summed E-state index contributed by atoms with van der Waals surface area (Å²) in [4.78, 5) is 27.0. The van der Waals surface area contributed by atoms with Gasteiger partial charge in [0.15, 0.2) is 0 Å². The molecule has 0 spiro atoms. The molecule has 154 valence electrons. The van der Waals surface area contributed by atoms with E-state index in [-0.39, 0.29) is 35.5 Å². The van der Waals surface area contributed by atoms with Gasteiger partial charge in [-0.2, -0.15) is 4.31 Å². The third-order valence-electron chi connectivity index (χ3n) is 4.96. The lowest BCUT2D eigenvalue weighted by Crippen LogP contribution is -2.41. The first-order valence-electron chi connectivity index (χ1n) is 9.18. The molecule has 1 aliphatic heterocycles. The molecule has 0 bridgehead atoms. The molecule has 29 heavy (non-hydrogen) atoms. The second kappa shape index (κ2) is 8.26. The highest BCUT2D eigenvalue weighted by atomic mass is 32.2. The number of nitro groups is 1. The van der Waals surface area contributed by atoms with Crippen molar-refractivity contribution >= 4 is 27.4 Å². The maximum absolute atomic E-state index is 13.0. The largest absolute Gasteiger partial charge is 0.310 e. The van der Waals surface area contributed by atoms with E-state index < -0.39 is 14.9 Å². The van der Waals surface area contributed by atoms with E-state index in [1.165, 1.54) is 16.4 Å². The molecule has 0 saturated carbocycles. The van der Waals surface area contributed by atoms with Crippen LogP contribution in [-0.2, 0) is 14.8 Å². The summed E-state index contributed by atoms with van der Waals surface area (Å²) in [5.41, 5.74) is 0.964. The molecule has 1 fully saturated rings. The number of nitrogens with zero attached hydrogens (tertiary/aromatic N) is 3. The van der Waals surface area contributed by atoms with Crippen molar-refractivity contribution in [3.05, 3.63) is 57.8 Å². The number of anilines is 1. The molecule has 1 aromatic carbocycles. The van der Waals surface area contributed by atoms with Crippen molar-refractivity contribution in [3.8, 4) is 0 Å². The summed E-state index contributed by atoms with van der Waals surface area (Å²) in [6, 6.07) is 9.14. The highest BCUT2D eigenvalue weighted by molar-refractivity contribution is 7.89. The average Bonchev–Trinajstić information content (AvgIpc) is 2.68. The molecule has 0 radical (unpaired) electrons. The van der Waals surface area contributed by atoms with E-state index in [0.717, 1.165) is 11.8 Å². The van der Waals surface area contributed by atoms with E-state index in [1.54, 1.807) is 19.1 Å². The lowest BCUT2D eigenvalue weighted by Gasteiger charge is -2.30. The lowest BCUT2D eigenvalue weighted by molar-refractivity contribution is -0.385. The zero-order chi connectivity index (χ0) is 21.2. The van der Waals surface area contributed by atoms with Crippen molar-refractivity contribution in [3.63, 3.8) is 0 Å². The Morgan fingerprint density at radius 3 is 2.52 bits per heavy atom. The van der Waals surface area contributed by atoms with Gasteiger partial charge in [0, 0.05) is 36.8 Å². The van der Waals surface area contributed by atoms with Crippen molar-refractivity contribution in [2.24, 2.45) is 5.92 Å². The molecule has 2 aromatic rings. The Hall–Kier alpha value is -2.85. The average molecular weight is 418 g/mol. The van der Waals surface area contributed by atoms with Gasteiger partial charge >= 0.3 is 0 Å². The van der Waals surface area contributed by atoms with Crippen LogP contribution in [-0.4, -0.2) is 41.6 Å². The Morgan fingerprint density at radius 2 is 1.90 bits per heavy atom. The van der Waals surface area contributed by atoms with Crippen LogP contribution in [0.25, 0.3) is 0 Å². The molecule has 1 saturated heterocycles. The van der Waals surface area contributed by atoms with Crippen molar-refractivity contribution in [2.45, 2.75) is 31.6 Å². The molecule has 3 rings (SSSR count). The highest BCUT2D eigenvalue weighted by Crippen LogP contribution is 2.28. The number of non-ortho nitro benzene ring substituents is 1. The highest BCUT2D eigenvalue weighted by Gasteiger charge is 2.33. The number of nitrogens with one attached hydrogen (secondary N) is 1. The molecule has 1 aromatic heterocycles. The smallest absolute Gasteiger partial charge is 0.270 e. The molecule has 0 aliphatic carbocycles. The summed E-state index contributed by atoms with van der Waals surface area (Å²) >= 11 is 0. The Kier molecular flexibility index (Phi) is 5.94. The SMILES string of the molecule is Cc1cccc(NC(=O)C2CCN(S(=O)(=O)c3cc([N+](=O)[O-])ccc3C)CC2)n1. The van der Waals surface area contributed by atoms with Gasteiger partial charge in [0.05, 0.1) is 9.82 Å². The van der Waals surface area contributed by atoms with Gasteiger partial charge in [0.1, 0.15) is 5.82 Å². The fourth-order valence-electron chi connectivity index (χ4n) is 3.32. The minimum absolute atomic E-state index is 0.0708. The molecule has 1 N–H and O–H groups in total. The van der Waals surface area contributed by atoms with Gasteiger partial charge in [-0.3, -0.25) is 14.9 Å².